The van der Waals surface area contributed by atoms with Crippen molar-refractivity contribution in [2.75, 3.05) is 7.11 Å². The van der Waals surface area contributed by atoms with Crippen LogP contribution in [0.15, 0.2) is 0 Å². The van der Waals surface area contributed by atoms with Crippen molar-refractivity contribution in [2.24, 2.45) is 46.3 Å². The zero-order valence-corrected chi connectivity index (χ0v) is 16.4. The Hall–Kier alpha value is -0.590. The molecule has 1 N–H and O–H groups in total. The van der Waals surface area contributed by atoms with Gasteiger partial charge in [-0.05, 0) is 85.4 Å². The third kappa shape index (κ3) is 2.29. The average molecular weight is 346 g/mol. The van der Waals surface area contributed by atoms with Crippen molar-refractivity contribution in [3.8, 4) is 6.07 Å². The van der Waals surface area contributed by atoms with E-state index >= 15 is 0 Å². The SMILES string of the molecule is CO[C@H]1C[C@]2(C)C(C#N)CC[C@H]2[C@@H]2CC[C@H]3[C@@H](C)[C@H](O)CC[C@]3(C)[C@H]21. The molecule has 0 aromatic rings. The maximum absolute atomic E-state index is 10.4. The molecule has 10 atom stereocenters. The maximum Gasteiger partial charge on any atom is 0.0661 e. The fraction of sp³-hybridized carbons (Fsp3) is 0.955. The van der Waals surface area contributed by atoms with Crippen LogP contribution in [0.1, 0.15) is 65.7 Å². The summed E-state index contributed by atoms with van der Waals surface area (Å²) in [6.45, 7) is 7.15. The van der Waals surface area contributed by atoms with Crippen LogP contribution in [0.4, 0.5) is 0 Å². The van der Waals surface area contributed by atoms with Gasteiger partial charge in [0.2, 0.25) is 0 Å². The van der Waals surface area contributed by atoms with Gasteiger partial charge < -0.3 is 9.84 Å². The Morgan fingerprint density at radius 3 is 2.44 bits per heavy atom. The summed E-state index contributed by atoms with van der Waals surface area (Å²) in [5.41, 5.74) is 0.424. The minimum atomic E-state index is -0.126. The number of methoxy groups -OCH3 is 1. The van der Waals surface area contributed by atoms with E-state index in [9.17, 15) is 10.4 Å². The minimum absolute atomic E-state index is 0.126. The van der Waals surface area contributed by atoms with Crippen LogP contribution in [0.25, 0.3) is 0 Å². The highest BCUT2D eigenvalue weighted by atomic mass is 16.5. The maximum atomic E-state index is 10.4. The van der Waals surface area contributed by atoms with Gasteiger partial charge in [-0.3, -0.25) is 0 Å². The lowest BCUT2D eigenvalue weighted by atomic mass is 9.42. The minimum Gasteiger partial charge on any atom is -0.393 e. The standard InChI is InChI=1S/C22H35NO2/c1-13-16-8-6-15-17-7-5-14(12-23)22(17,3)11-19(25-4)20(15)21(16,2)10-9-18(13)24/h13-20,24H,5-11H2,1-4H3/t13-,14?,15+,16+,17+,18-,19+,20-,21+,22-/m1/s1. The van der Waals surface area contributed by atoms with Crippen molar-refractivity contribution in [2.45, 2.75) is 77.9 Å². The van der Waals surface area contributed by atoms with Gasteiger partial charge in [0, 0.05) is 7.11 Å². The van der Waals surface area contributed by atoms with Gasteiger partial charge in [0.05, 0.1) is 24.2 Å². The number of rotatable bonds is 1. The molecule has 25 heavy (non-hydrogen) atoms. The Kier molecular flexibility index (Phi) is 4.25. The first kappa shape index (κ1) is 17.8. The second kappa shape index (κ2) is 5.96. The Morgan fingerprint density at radius 2 is 1.76 bits per heavy atom. The van der Waals surface area contributed by atoms with Crippen molar-refractivity contribution in [3.63, 3.8) is 0 Å². The Labute approximate surface area is 153 Å². The molecule has 0 aromatic carbocycles. The molecular formula is C22H35NO2. The number of hydrogen-bond donors (Lipinski definition) is 1. The topological polar surface area (TPSA) is 53.2 Å². The number of fused-ring (bicyclic) bond motifs is 5. The summed E-state index contributed by atoms with van der Waals surface area (Å²) < 4.78 is 6.13. The van der Waals surface area contributed by atoms with Gasteiger partial charge >= 0.3 is 0 Å². The highest BCUT2D eigenvalue weighted by Gasteiger charge is 2.64. The predicted octanol–water partition coefficient (Wildman–Crippen LogP) is 4.40. The van der Waals surface area contributed by atoms with Gasteiger partial charge in [-0.1, -0.05) is 20.8 Å². The summed E-state index contributed by atoms with van der Waals surface area (Å²) in [5.74, 6) is 3.21. The number of ether oxygens (including phenoxy) is 1. The van der Waals surface area contributed by atoms with E-state index in [1.54, 1.807) is 0 Å². The van der Waals surface area contributed by atoms with E-state index < -0.39 is 0 Å². The van der Waals surface area contributed by atoms with Crippen LogP contribution in [-0.2, 0) is 4.74 Å². The summed E-state index contributed by atoms with van der Waals surface area (Å²) in [6, 6.07) is 2.63. The third-order valence-electron chi connectivity index (χ3n) is 9.53. The lowest BCUT2D eigenvalue weighted by Gasteiger charge is -2.63. The third-order valence-corrected chi connectivity index (χ3v) is 9.53. The van der Waals surface area contributed by atoms with Crippen molar-refractivity contribution >= 4 is 0 Å². The second-order valence-electron chi connectivity index (χ2n) is 10.2. The van der Waals surface area contributed by atoms with E-state index in [4.69, 9.17) is 4.74 Å². The molecule has 0 bridgehead atoms. The number of nitrogens with zero attached hydrogens (tertiary/aromatic N) is 1. The molecule has 4 rings (SSSR count). The molecule has 3 nitrogen and oxygen atoms in total. The molecule has 4 aliphatic rings. The lowest BCUT2D eigenvalue weighted by molar-refractivity contribution is -0.195. The Bertz CT molecular complexity index is 571. The van der Waals surface area contributed by atoms with Crippen molar-refractivity contribution in [1.29, 1.82) is 5.26 Å². The van der Waals surface area contributed by atoms with Crippen LogP contribution >= 0.6 is 0 Å². The van der Waals surface area contributed by atoms with Crippen LogP contribution in [-0.4, -0.2) is 24.4 Å². The van der Waals surface area contributed by atoms with Gasteiger partial charge in [-0.15, -0.1) is 0 Å². The highest BCUT2D eigenvalue weighted by Crippen LogP contribution is 2.68. The van der Waals surface area contributed by atoms with E-state index in [-0.39, 0.29) is 29.0 Å². The molecule has 1 unspecified atom stereocenters. The Balaban J connectivity index is 1.72. The summed E-state index contributed by atoms with van der Waals surface area (Å²) in [6.07, 6.45) is 8.08. The Morgan fingerprint density at radius 1 is 1.04 bits per heavy atom. The van der Waals surface area contributed by atoms with Crippen molar-refractivity contribution < 1.29 is 9.84 Å². The zero-order valence-electron chi connectivity index (χ0n) is 16.4. The first-order valence-corrected chi connectivity index (χ1v) is 10.5. The average Bonchev–Trinajstić information content (AvgIpc) is 2.93. The van der Waals surface area contributed by atoms with E-state index in [0.717, 1.165) is 25.7 Å². The first-order chi connectivity index (χ1) is 11.9. The van der Waals surface area contributed by atoms with Crippen molar-refractivity contribution in [1.82, 2.24) is 0 Å². The summed E-state index contributed by atoms with van der Waals surface area (Å²) in [4.78, 5) is 0. The number of nitriles is 1. The molecule has 0 amide bonds. The molecule has 0 aliphatic heterocycles. The van der Waals surface area contributed by atoms with Crippen molar-refractivity contribution in [3.05, 3.63) is 0 Å². The summed E-state index contributed by atoms with van der Waals surface area (Å²) >= 11 is 0. The van der Waals surface area contributed by atoms with E-state index in [2.05, 4.69) is 26.8 Å². The van der Waals surface area contributed by atoms with Crippen LogP contribution in [0.2, 0.25) is 0 Å². The number of aliphatic hydroxyl groups excluding tert-OH is 1. The van der Waals surface area contributed by atoms with Gasteiger partial charge in [0.1, 0.15) is 0 Å². The summed E-state index contributed by atoms with van der Waals surface area (Å²) in [5, 5.41) is 20.1. The van der Waals surface area contributed by atoms with Crippen LogP contribution in [0.5, 0.6) is 0 Å². The lowest BCUT2D eigenvalue weighted by Crippen LogP contribution is -2.60. The quantitative estimate of drug-likeness (QED) is 0.766. The summed E-state index contributed by atoms with van der Waals surface area (Å²) in [7, 11) is 1.88. The molecule has 0 spiro atoms. The number of aliphatic hydroxyl groups is 1. The fourth-order valence-corrected chi connectivity index (χ4v) is 8.24. The van der Waals surface area contributed by atoms with Gasteiger partial charge in [-0.25, -0.2) is 0 Å². The van der Waals surface area contributed by atoms with Gasteiger partial charge in [-0.2, -0.15) is 5.26 Å². The molecular weight excluding hydrogens is 310 g/mol. The van der Waals surface area contributed by atoms with Crippen LogP contribution in [0.3, 0.4) is 0 Å². The highest BCUT2D eigenvalue weighted by molar-refractivity contribution is 5.15. The van der Waals surface area contributed by atoms with E-state index in [1.165, 1.54) is 19.3 Å². The normalized spacial score (nSPS) is 57.9. The van der Waals surface area contributed by atoms with Gasteiger partial charge in [0.15, 0.2) is 0 Å². The molecule has 0 saturated heterocycles. The molecule has 0 heterocycles. The largest absolute Gasteiger partial charge is 0.393 e. The monoisotopic (exact) mass is 345 g/mol. The zero-order chi connectivity index (χ0) is 18.0. The van der Waals surface area contributed by atoms with Crippen LogP contribution < -0.4 is 0 Å². The molecule has 140 valence electrons. The second-order valence-corrected chi connectivity index (χ2v) is 10.2. The molecule has 4 aliphatic carbocycles. The number of hydrogen-bond acceptors (Lipinski definition) is 3. The molecule has 0 radical (unpaired) electrons. The molecule has 0 aromatic heterocycles. The molecule has 4 fully saturated rings. The van der Waals surface area contributed by atoms with E-state index in [0.29, 0.717) is 29.6 Å². The van der Waals surface area contributed by atoms with E-state index in [1.807, 2.05) is 7.11 Å². The smallest absolute Gasteiger partial charge is 0.0661 e. The molecule has 4 saturated carbocycles. The molecule has 3 heteroatoms. The predicted molar refractivity (Wildman–Crippen MR) is 97.6 cm³/mol. The first-order valence-electron chi connectivity index (χ1n) is 10.5. The van der Waals surface area contributed by atoms with Gasteiger partial charge in [0.25, 0.3) is 0 Å². The van der Waals surface area contributed by atoms with Crippen LogP contribution in [0, 0.1) is 57.7 Å². The fourth-order valence-electron chi connectivity index (χ4n) is 8.24.